The number of likely N-dealkylation sites (N-methyl/N-ethyl adjacent to an activating group) is 1. The summed E-state index contributed by atoms with van der Waals surface area (Å²) in [5, 5.41) is 10.2. The smallest absolute Gasteiger partial charge is 0.260 e. The van der Waals surface area contributed by atoms with Crippen LogP contribution in [-0.4, -0.2) is 66.8 Å². The van der Waals surface area contributed by atoms with Crippen molar-refractivity contribution < 1.29 is 19.4 Å². The van der Waals surface area contributed by atoms with Gasteiger partial charge in [-0.25, -0.2) is 0 Å². The van der Waals surface area contributed by atoms with E-state index in [9.17, 15) is 9.90 Å². The van der Waals surface area contributed by atoms with E-state index in [0.717, 1.165) is 37.2 Å². The van der Waals surface area contributed by atoms with Crippen molar-refractivity contribution in [2.75, 3.05) is 39.9 Å². The van der Waals surface area contributed by atoms with Crippen molar-refractivity contribution in [1.29, 1.82) is 0 Å². The molecular formula is C23H30N2O4. The number of rotatable bonds is 10. The standard InChI is InChI=1S/C23H30N2O4/c1-24(16-20(26)17-28-21-7-3-2-4-8-21)15-19-9-11-22(12-10-19)29-18-23(27)25-13-5-6-14-25/h2-4,7-12,20,26H,5-6,13-18H2,1H3/t20-/m0/s1. The molecule has 6 nitrogen and oxygen atoms in total. The second-order valence-corrected chi connectivity index (χ2v) is 7.50. The van der Waals surface area contributed by atoms with Crippen molar-refractivity contribution in [3.63, 3.8) is 0 Å². The van der Waals surface area contributed by atoms with Crippen LogP contribution in [0.1, 0.15) is 18.4 Å². The Bertz CT molecular complexity index is 745. The Balaban J connectivity index is 1.37. The topological polar surface area (TPSA) is 62.2 Å². The number of aliphatic hydroxyl groups is 1. The van der Waals surface area contributed by atoms with Gasteiger partial charge in [0.25, 0.3) is 5.91 Å². The highest BCUT2D eigenvalue weighted by Crippen LogP contribution is 2.15. The molecule has 1 amide bonds. The van der Waals surface area contributed by atoms with Crippen molar-refractivity contribution in [3.8, 4) is 11.5 Å². The predicted octanol–water partition coefficient (Wildman–Crippen LogP) is 2.56. The molecule has 156 valence electrons. The van der Waals surface area contributed by atoms with Crippen LogP contribution >= 0.6 is 0 Å². The molecule has 2 aromatic rings. The number of amides is 1. The van der Waals surface area contributed by atoms with Gasteiger partial charge in [0.15, 0.2) is 6.61 Å². The molecule has 1 aliphatic rings. The molecule has 0 spiro atoms. The Kier molecular flexibility index (Phi) is 7.90. The molecule has 0 saturated carbocycles. The van der Waals surface area contributed by atoms with E-state index in [-0.39, 0.29) is 19.1 Å². The number of hydrogen-bond donors (Lipinski definition) is 1. The number of nitrogens with zero attached hydrogens (tertiary/aromatic N) is 2. The van der Waals surface area contributed by atoms with Crippen molar-refractivity contribution in [1.82, 2.24) is 9.80 Å². The van der Waals surface area contributed by atoms with Crippen LogP contribution in [0, 0.1) is 0 Å². The van der Waals surface area contributed by atoms with Crippen LogP contribution in [0.3, 0.4) is 0 Å². The minimum Gasteiger partial charge on any atom is -0.491 e. The molecule has 2 aromatic carbocycles. The number of carbonyl (C=O) groups is 1. The third kappa shape index (κ3) is 7.07. The Morgan fingerprint density at radius 2 is 1.69 bits per heavy atom. The molecule has 1 atom stereocenters. The first-order valence-electron chi connectivity index (χ1n) is 10.1. The summed E-state index contributed by atoms with van der Waals surface area (Å²) < 4.78 is 11.2. The molecule has 1 aliphatic heterocycles. The first-order valence-corrected chi connectivity index (χ1v) is 10.1. The second-order valence-electron chi connectivity index (χ2n) is 7.50. The molecule has 0 unspecified atom stereocenters. The number of para-hydroxylation sites is 1. The van der Waals surface area contributed by atoms with E-state index >= 15 is 0 Å². The van der Waals surface area contributed by atoms with E-state index in [1.165, 1.54) is 0 Å². The average Bonchev–Trinajstić information content (AvgIpc) is 3.27. The molecule has 1 heterocycles. The summed E-state index contributed by atoms with van der Waals surface area (Å²) in [6.07, 6.45) is 1.60. The van der Waals surface area contributed by atoms with E-state index in [0.29, 0.717) is 18.8 Å². The van der Waals surface area contributed by atoms with Gasteiger partial charge in [0.1, 0.15) is 24.2 Å². The van der Waals surface area contributed by atoms with Gasteiger partial charge in [-0.2, -0.15) is 0 Å². The summed E-state index contributed by atoms with van der Waals surface area (Å²) in [6.45, 7) is 3.25. The summed E-state index contributed by atoms with van der Waals surface area (Å²) in [4.78, 5) is 15.9. The number of benzene rings is 2. The Hall–Kier alpha value is -2.57. The summed E-state index contributed by atoms with van der Waals surface area (Å²) in [6, 6.07) is 17.2. The van der Waals surface area contributed by atoms with Gasteiger partial charge >= 0.3 is 0 Å². The van der Waals surface area contributed by atoms with Gasteiger partial charge in [0.2, 0.25) is 0 Å². The quantitative estimate of drug-likeness (QED) is 0.667. The summed E-state index contributed by atoms with van der Waals surface area (Å²) >= 11 is 0. The van der Waals surface area contributed by atoms with Gasteiger partial charge in [0.05, 0.1) is 0 Å². The lowest BCUT2D eigenvalue weighted by atomic mass is 10.2. The third-order valence-electron chi connectivity index (χ3n) is 4.90. The summed E-state index contributed by atoms with van der Waals surface area (Å²) in [5.41, 5.74) is 1.11. The van der Waals surface area contributed by atoms with E-state index in [1.54, 1.807) is 0 Å². The first kappa shape index (κ1) is 21.1. The fourth-order valence-electron chi connectivity index (χ4n) is 3.39. The molecule has 0 bridgehead atoms. The molecule has 1 fully saturated rings. The van der Waals surface area contributed by atoms with Crippen LogP contribution in [0.4, 0.5) is 0 Å². The molecule has 3 rings (SSSR count). The molecule has 0 aromatic heterocycles. The molecule has 0 radical (unpaired) electrons. The lowest BCUT2D eigenvalue weighted by Crippen LogP contribution is -2.32. The number of likely N-dealkylation sites (tertiary alicyclic amines) is 1. The van der Waals surface area contributed by atoms with Crippen molar-refractivity contribution >= 4 is 5.91 Å². The molecule has 29 heavy (non-hydrogen) atoms. The van der Waals surface area contributed by atoms with Crippen LogP contribution in [0.5, 0.6) is 11.5 Å². The van der Waals surface area contributed by atoms with Gasteiger partial charge < -0.3 is 19.5 Å². The SMILES string of the molecule is CN(Cc1ccc(OCC(=O)N2CCCC2)cc1)C[C@H](O)COc1ccccc1. The number of aliphatic hydroxyl groups excluding tert-OH is 1. The third-order valence-corrected chi connectivity index (χ3v) is 4.90. The zero-order valence-electron chi connectivity index (χ0n) is 17.0. The Morgan fingerprint density at radius 1 is 1.03 bits per heavy atom. The van der Waals surface area contributed by atoms with Crippen molar-refractivity contribution in [2.45, 2.75) is 25.5 Å². The highest BCUT2D eigenvalue weighted by atomic mass is 16.5. The normalized spacial score (nSPS) is 14.8. The highest BCUT2D eigenvalue weighted by molar-refractivity contribution is 5.78. The molecule has 0 aliphatic carbocycles. The van der Waals surface area contributed by atoms with Gasteiger partial charge in [-0.1, -0.05) is 30.3 Å². The number of carbonyl (C=O) groups excluding carboxylic acids is 1. The van der Waals surface area contributed by atoms with Gasteiger partial charge in [-0.15, -0.1) is 0 Å². The maximum atomic E-state index is 12.0. The van der Waals surface area contributed by atoms with Crippen LogP contribution in [0.2, 0.25) is 0 Å². The lowest BCUT2D eigenvalue weighted by molar-refractivity contribution is -0.132. The highest BCUT2D eigenvalue weighted by Gasteiger charge is 2.18. The van der Waals surface area contributed by atoms with E-state index in [1.807, 2.05) is 71.4 Å². The molecular weight excluding hydrogens is 368 g/mol. The minimum absolute atomic E-state index is 0.0537. The Labute approximate surface area is 172 Å². The van der Waals surface area contributed by atoms with E-state index < -0.39 is 6.10 Å². The van der Waals surface area contributed by atoms with Gasteiger partial charge in [-0.3, -0.25) is 9.69 Å². The van der Waals surface area contributed by atoms with Crippen LogP contribution in [0.15, 0.2) is 54.6 Å². The van der Waals surface area contributed by atoms with E-state index in [2.05, 4.69) is 0 Å². The van der Waals surface area contributed by atoms with Crippen LogP contribution in [0.25, 0.3) is 0 Å². The molecule has 6 heteroatoms. The number of hydrogen-bond acceptors (Lipinski definition) is 5. The monoisotopic (exact) mass is 398 g/mol. The fraction of sp³-hybridized carbons (Fsp3) is 0.435. The zero-order chi connectivity index (χ0) is 20.5. The van der Waals surface area contributed by atoms with E-state index in [4.69, 9.17) is 9.47 Å². The van der Waals surface area contributed by atoms with Crippen LogP contribution < -0.4 is 9.47 Å². The minimum atomic E-state index is -0.570. The van der Waals surface area contributed by atoms with Gasteiger partial charge in [0, 0.05) is 26.2 Å². The zero-order valence-corrected chi connectivity index (χ0v) is 17.0. The maximum absolute atomic E-state index is 12.0. The summed E-state index contributed by atoms with van der Waals surface area (Å²) in [7, 11) is 1.96. The molecule has 1 N–H and O–H groups in total. The Morgan fingerprint density at radius 3 is 2.38 bits per heavy atom. The predicted molar refractivity (Wildman–Crippen MR) is 112 cm³/mol. The second kappa shape index (κ2) is 10.8. The largest absolute Gasteiger partial charge is 0.491 e. The summed E-state index contributed by atoms with van der Waals surface area (Å²) in [5.74, 6) is 1.51. The fourth-order valence-corrected chi connectivity index (χ4v) is 3.39. The van der Waals surface area contributed by atoms with Crippen LogP contribution in [-0.2, 0) is 11.3 Å². The van der Waals surface area contributed by atoms with Crippen molar-refractivity contribution in [2.24, 2.45) is 0 Å². The average molecular weight is 399 g/mol. The molecule has 1 saturated heterocycles. The lowest BCUT2D eigenvalue weighted by Gasteiger charge is -2.21. The van der Waals surface area contributed by atoms with Gasteiger partial charge in [-0.05, 0) is 49.7 Å². The number of ether oxygens (including phenoxy) is 2. The maximum Gasteiger partial charge on any atom is 0.260 e. The van der Waals surface area contributed by atoms with Crippen molar-refractivity contribution in [3.05, 3.63) is 60.2 Å². The first-order chi connectivity index (χ1) is 14.1.